The Balaban J connectivity index is 2.36. The second-order valence-corrected chi connectivity index (χ2v) is 8.30. The standard InChI is InChI=1S/C19H24N2O3S/c1-13-7-6-8-17(10-13)20-19(22)16(4)21(25(5,23)24)18-11-14(2)9-15(3)12-18/h6-12,16H,1-5H3,(H,20,22)/t16-/m1/s1. The molecule has 0 radical (unpaired) electrons. The number of sulfonamides is 1. The summed E-state index contributed by atoms with van der Waals surface area (Å²) in [6.45, 7) is 7.31. The van der Waals surface area contributed by atoms with Gasteiger partial charge in [0.1, 0.15) is 6.04 Å². The smallest absolute Gasteiger partial charge is 0.247 e. The number of nitrogens with zero attached hydrogens (tertiary/aromatic N) is 1. The van der Waals surface area contributed by atoms with Gasteiger partial charge in [0.05, 0.1) is 11.9 Å². The number of aryl methyl sites for hydroxylation is 3. The van der Waals surface area contributed by atoms with Gasteiger partial charge in [0.2, 0.25) is 15.9 Å². The van der Waals surface area contributed by atoms with Crippen LogP contribution in [0.3, 0.4) is 0 Å². The van der Waals surface area contributed by atoms with Crippen molar-refractivity contribution in [2.24, 2.45) is 0 Å². The summed E-state index contributed by atoms with van der Waals surface area (Å²) in [6, 6.07) is 12.0. The topological polar surface area (TPSA) is 66.5 Å². The van der Waals surface area contributed by atoms with Crippen LogP contribution in [0.15, 0.2) is 42.5 Å². The van der Waals surface area contributed by atoms with Crippen molar-refractivity contribution in [1.29, 1.82) is 0 Å². The Morgan fingerprint density at radius 2 is 1.60 bits per heavy atom. The minimum atomic E-state index is -3.62. The van der Waals surface area contributed by atoms with Crippen molar-refractivity contribution >= 4 is 27.3 Å². The molecule has 0 spiro atoms. The van der Waals surface area contributed by atoms with Crippen molar-refractivity contribution in [3.8, 4) is 0 Å². The predicted molar refractivity (Wildman–Crippen MR) is 103 cm³/mol. The van der Waals surface area contributed by atoms with E-state index in [4.69, 9.17) is 0 Å². The highest BCUT2D eigenvalue weighted by Gasteiger charge is 2.29. The zero-order valence-electron chi connectivity index (χ0n) is 15.2. The van der Waals surface area contributed by atoms with Gasteiger partial charge in [0, 0.05) is 5.69 Å². The highest BCUT2D eigenvalue weighted by molar-refractivity contribution is 7.92. The van der Waals surface area contributed by atoms with E-state index in [2.05, 4.69) is 5.32 Å². The molecule has 5 nitrogen and oxygen atoms in total. The van der Waals surface area contributed by atoms with E-state index < -0.39 is 16.1 Å². The molecule has 134 valence electrons. The lowest BCUT2D eigenvalue weighted by molar-refractivity contribution is -0.116. The maximum atomic E-state index is 12.6. The third-order valence-electron chi connectivity index (χ3n) is 3.84. The second kappa shape index (κ2) is 7.27. The summed E-state index contributed by atoms with van der Waals surface area (Å²) < 4.78 is 25.9. The molecule has 0 saturated carbocycles. The van der Waals surface area contributed by atoms with Gasteiger partial charge in [-0.15, -0.1) is 0 Å². The Morgan fingerprint density at radius 1 is 1.00 bits per heavy atom. The van der Waals surface area contributed by atoms with E-state index in [1.54, 1.807) is 25.1 Å². The van der Waals surface area contributed by atoms with Crippen molar-refractivity contribution in [2.75, 3.05) is 15.9 Å². The number of amides is 1. The predicted octanol–water partition coefficient (Wildman–Crippen LogP) is 3.41. The van der Waals surface area contributed by atoms with Crippen molar-refractivity contribution in [2.45, 2.75) is 33.7 Å². The number of rotatable bonds is 5. The average Bonchev–Trinajstić information content (AvgIpc) is 2.44. The molecule has 0 aliphatic heterocycles. The van der Waals surface area contributed by atoms with Crippen LogP contribution in [0.25, 0.3) is 0 Å². The van der Waals surface area contributed by atoms with Gasteiger partial charge in [-0.25, -0.2) is 8.42 Å². The van der Waals surface area contributed by atoms with Gasteiger partial charge in [-0.2, -0.15) is 0 Å². The lowest BCUT2D eigenvalue weighted by atomic mass is 10.1. The highest BCUT2D eigenvalue weighted by atomic mass is 32.2. The molecule has 0 aliphatic carbocycles. The molecule has 1 atom stereocenters. The van der Waals surface area contributed by atoms with Gasteiger partial charge in [-0.3, -0.25) is 9.10 Å². The number of carbonyl (C=O) groups excluding carboxylic acids is 1. The van der Waals surface area contributed by atoms with E-state index in [0.29, 0.717) is 11.4 Å². The van der Waals surface area contributed by atoms with Gasteiger partial charge in [-0.05, 0) is 68.7 Å². The molecule has 2 aromatic carbocycles. The molecule has 25 heavy (non-hydrogen) atoms. The van der Waals surface area contributed by atoms with E-state index in [-0.39, 0.29) is 5.91 Å². The number of benzene rings is 2. The van der Waals surface area contributed by atoms with Crippen LogP contribution in [0.1, 0.15) is 23.6 Å². The van der Waals surface area contributed by atoms with Gasteiger partial charge < -0.3 is 5.32 Å². The first-order valence-corrected chi connectivity index (χ1v) is 9.88. The maximum Gasteiger partial charge on any atom is 0.247 e. The van der Waals surface area contributed by atoms with Crippen LogP contribution >= 0.6 is 0 Å². The molecule has 0 heterocycles. The fraction of sp³-hybridized carbons (Fsp3) is 0.316. The molecule has 0 fully saturated rings. The van der Waals surface area contributed by atoms with Crippen molar-refractivity contribution < 1.29 is 13.2 Å². The largest absolute Gasteiger partial charge is 0.324 e. The Morgan fingerprint density at radius 3 is 2.12 bits per heavy atom. The van der Waals surface area contributed by atoms with Crippen LogP contribution < -0.4 is 9.62 Å². The lowest BCUT2D eigenvalue weighted by Crippen LogP contribution is -2.45. The van der Waals surface area contributed by atoms with Gasteiger partial charge in [0.25, 0.3) is 0 Å². The summed E-state index contributed by atoms with van der Waals surface area (Å²) in [5.74, 6) is -0.379. The SMILES string of the molecule is Cc1cccc(NC(=O)[C@@H](C)N(c2cc(C)cc(C)c2)S(C)(=O)=O)c1. The zero-order valence-corrected chi connectivity index (χ0v) is 16.0. The molecular formula is C19H24N2O3S. The third-order valence-corrected chi connectivity index (χ3v) is 5.08. The number of hydrogen-bond donors (Lipinski definition) is 1. The number of carbonyl (C=O) groups is 1. The Bertz CT molecular complexity index is 871. The first-order valence-electron chi connectivity index (χ1n) is 8.03. The van der Waals surface area contributed by atoms with E-state index in [1.807, 2.05) is 45.0 Å². The molecule has 6 heteroatoms. The summed E-state index contributed by atoms with van der Waals surface area (Å²) >= 11 is 0. The van der Waals surface area contributed by atoms with Crippen molar-refractivity contribution in [3.05, 3.63) is 59.2 Å². The highest BCUT2D eigenvalue weighted by Crippen LogP contribution is 2.24. The minimum Gasteiger partial charge on any atom is -0.324 e. The summed E-state index contributed by atoms with van der Waals surface area (Å²) in [4.78, 5) is 12.6. The number of anilines is 2. The molecule has 1 N–H and O–H groups in total. The number of hydrogen-bond acceptors (Lipinski definition) is 3. The summed E-state index contributed by atoms with van der Waals surface area (Å²) in [5, 5.41) is 2.79. The first kappa shape index (κ1) is 19.0. The van der Waals surface area contributed by atoms with E-state index >= 15 is 0 Å². The molecule has 2 aromatic rings. The summed E-state index contributed by atoms with van der Waals surface area (Å²) in [5.41, 5.74) is 4.03. The lowest BCUT2D eigenvalue weighted by Gasteiger charge is -2.28. The Hall–Kier alpha value is -2.34. The number of nitrogens with one attached hydrogen (secondary N) is 1. The molecule has 0 aromatic heterocycles. The van der Waals surface area contributed by atoms with Crippen LogP contribution in [0, 0.1) is 20.8 Å². The average molecular weight is 360 g/mol. The van der Waals surface area contributed by atoms with Gasteiger partial charge in [-0.1, -0.05) is 18.2 Å². The third kappa shape index (κ3) is 4.82. The molecule has 0 saturated heterocycles. The first-order chi connectivity index (χ1) is 11.6. The maximum absolute atomic E-state index is 12.6. The second-order valence-electron chi connectivity index (χ2n) is 6.44. The monoisotopic (exact) mass is 360 g/mol. The molecule has 0 bridgehead atoms. The Kier molecular flexibility index (Phi) is 5.52. The minimum absolute atomic E-state index is 0.379. The van der Waals surface area contributed by atoms with E-state index in [0.717, 1.165) is 27.3 Å². The summed E-state index contributed by atoms with van der Waals surface area (Å²) in [7, 11) is -3.62. The molecular weight excluding hydrogens is 336 g/mol. The van der Waals surface area contributed by atoms with Crippen LogP contribution in [-0.2, 0) is 14.8 Å². The van der Waals surface area contributed by atoms with Crippen LogP contribution in [0.4, 0.5) is 11.4 Å². The van der Waals surface area contributed by atoms with Crippen LogP contribution in [-0.4, -0.2) is 26.6 Å². The van der Waals surface area contributed by atoms with Gasteiger partial charge >= 0.3 is 0 Å². The van der Waals surface area contributed by atoms with Gasteiger partial charge in [0.15, 0.2) is 0 Å². The van der Waals surface area contributed by atoms with E-state index in [9.17, 15) is 13.2 Å². The molecule has 1 amide bonds. The van der Waals surface area contributed by atoms with Crippen LogP contribution in [0.5, 0.6) is 0 Å². The normalized spacial score (nSPS) is 12.5. The Labute approximate surface area is 149 Å². The van der Waals surface area contributed by atoms with Crippen molar-refractivity contribution in [3.63, 3.8) is 0 Å². The quantitative estimate of drug-likeness (QED) is 0.888. The fourth-order valence-electron chi connectivity index (χ4n) is 2.86. The molecule has 0 aliphatic rings. The fourth-order valence-corrected chi connectivity index (χ4v) is 4.01. The van der Waals surface area contributed by atoms with Crippen molar-refractivity contribution in [1.82, 2.24) is 0 Å². The zero-order chi connectivity index (χ0) is 18.8. The van der Waals surface area contributed by atoms with E-state index in [1.165, 1.54) is 0 Å². The molecule has 2 rings (SSSR count). The van der Waals surface area contributed by atoms with Crippen LogP contribution in [0.2, 0.25) is 0 Å². The summed E-state index contributed by atoms with van der Waals surface area (Å²) in [6.07, 6.45) is 1.11. The molecule has 0 unspecified atom stereocenters.